The van der Waals surface area contributed by atoms with Crippen molar-refractivity contribution in [2.75, 3.05) is 11.6 Å². The number of rotatable bonds is 6. The van der Waals surface area contributed by atoms with Crippen molar-refractivity contribution in [3.63, 3.8) is 0 Å². The SMILES string of the molecule is CSc1ccccc1NC(=O)CCn1cc([N+](=O)[O-])ccc1=O. The zero-order valence-corrected chi connectivity index (χ0v) is 13.2. The highest BCUT2D eigenvalue weighted by Gasteiger charge is 2.10. The Kier molecular flexibility index (Phi) is 5.53. The van der Waals surface area contributed by atoms with Crippen LogP contribution in [0.2, 0.25) is 0 Å². The number of para-hydroxylation sites is 1. The molecule has 0 aliphatic heterocycles. The second-order valence-corrected chi connectivity index (χ2v) is 5.52. The number of aryl methyl sites for hydroxylation is 1. The quantitative estimate of drug-likeness (QED) is 0.498. The Morgan fingerprint density at radius 1 is 1.30 bits per heavy atom. The van der Waals surface area contributed by atoms with E-state index < -0.39 is 4.92 Å². The van der Waals surface area contributed by atoms with Gasteiger partial charge in [-0.05, 0) is 18.4 Å². The molecular formula is C15H15N3O4S. The normalized spacial score (nSPS) is 10.3. The molecule has 1 N–H and O–H groups in total. The molecule has 1 aromatic heterocycles. The molecule has 0 unspecified atom stereocenters. The average molecular weight is 333 g/mol. The van der Waals surface area contributed by atoms with Crippen LogP contribution in [0.5, 0.6) is 0 Å². The highest BCUT2D eigenvalue weighted by molar-refractivity contribution is 7.98. The molecule has 1 heterocycles. The summed E-state index contributed by atoms with van der Waals surface area (Å²) in [6.07, 6.45) is 3.10. The van der Waals surface area contributed by atoms with E-state index in [2.05, 4.69) is 5.32 Å². The number of nitro groups is 1. The van der Waals surface area contributed by atoms with E-state index in [0.29, 0.717) is 5.69 Å². The number of aromatic nitrogens is 1. The van der Waals surface area contributed by atoms with Crippen molar-refractivity contribution < 1.29 is 9.72 Å². The second-order valence-electron chi connectivity index (χ2n) is 4.67. The Hall–Kier alpha value is -2.61. The number of pyridine rings is 1. The molecule has 7 nitrogen and oxygen atoms in total. The van der Waals surface area contributed by atoms with Crippen LogP contribution in [0.1, 0.15) is 6.42 Å². The summed E-state index contributed by atoms with van der Waals surface area (Å²) in [5, 5.41) is 13.5. The van der Waals surface area contributed by atoms with Crippen molar-refractivity contribution in [1.82, 2.24) is 4.57 Å². The van der Waals surface area contributed by atoms with Gasteiger partial charge in [-0.25, -0.2) is 0 Å². The Morgan fingerprint density at radius 3 is 2.74 bits per heavy atom. The van der Waals surface area contributed by atoms with Gasteiger partial charge in [0, 0.05) is 30.0 Å². The van der Waals surface area contributed by atoms with Gasteiger partial charge in [-0.15, -0.1) is 11.8 Å². The molecule has 2 aromatic rings. The minimum atomic E-state index is -0.579. The van der Waals surface area contributed by atoms with Crippen LogP contribution >= 0.6 is 11.8 Å². The zero-order chi connectivity index (χ0) is 16.8. The van der Waals surface area contributed by atoms with E-state index in [4.69, 9.17) is 0 Å². The first-order valence-electron chi connectivity index (χ1n) is 6.79. The fourth-order valence-electron chi connectivity index (χ4n) is 1.98. The molecule has 0 radical (unpaired) electrons. The number of nitrogens with one attached hydrogen (secondary N) is 1. The van der Waals surface area contributed by atoms with E-state index in [-0.39, 0.29) is 30.1 Å². The molecule has 0 fully saturated rings. The molecule has 0 bridgehead atoms. The third-order valence-electron chi connectivity index (χ3n) is 3.14. The maximum absolute atomic E-state index is 12.0. The molecule has 2 rings (SSSR count). The van der Waals surface area contributed by atoms with Gasteiger partial charge in [-0.3, -0.25) is 19.7 Å². The second kappa shape index (κ2) is 7.59. The van der Waals surface area contributed by atoms with Crippen LogP contribution in [0.25, 0.3) is 0 Å². The lowest BCUT2D eigenvalue weighted by Crippen LogP contribution is -2.22. The predicted molar refractivity (Wildman–Crippen MR) is 88.8 cm³/mol. The first-order valence-corrected chi connectivity index (χ1v) is 8.01. The molecule has 0 saturated heterocycles. The molecule has 0 atom stereocenters. The summed E-state index contributed by atoms with van der Waals surface area (Å²) >= 11 is 1.51. The van der Waals surface area contributed by atoms with Gasteiger partial charge in [0.2, 0.25) is 5.91 Å². The number of benzene rings is 1. The van der Waals surface area contributed by atoms with Crippen LogP contribution in [0, 0.1) is 10.1 Å². The molecule has 0 aliphatic rings. The van der Waals surface area contributed by atoms with Crippen LogP contribution in [0.4, 0.5) is 11.4 Å². The Balaban J connectivity index is 2.03. The topological polar surface area (TPSA) is 94.2 Å². The monoisotopic (exact) mass is 333 g/mol. The first kappa shape index (κ1) is 16.8. The number of amides is 1. The summed E-state index contributed by atoms with van der Waals surface area (Å²) in [4.78, 5) is 34.8. The van der Waals surface area contributed by atoms with Gasteiger partial charge < -0.3 is 9.88 Å². The third-order valence-corrected chi connectivity index (χ3v) is 3.94. The number of hydrogen-bond acceptors (Lipinski definition) is 5. The maximum Gasteiger partial charge on any atom is 0.285 e. The largest absolute Gasteiger partial charge is 0.325 e. The summed E-state index contributed by atoms with van der Waals surface area (Å²) in [5.74, 6) is -0.259. The van der Waals surface area contributed by atoms with E-state index in [1.165, 1.54) is 11.8 Å². The number of nitrogens with zero attached hydrogens (tertiary/aromatic N) is 2. The highest BCUT2D eigenvalue weighted by atomic mass is 32.2. The van der Waals surface area contributed by atoms with Gasteiger partial charge in [0.25, 0.3) is 11.2 Å². The number of hydrogen-bond donors (Lipinski definition) is 1. The van der Waals surface area contributed by atoms with Crippen LogP contribution < -0.4 is 10.9 Å². The number of thioether (sulfide) groups is 1. The van der Waals surface area contributed by atoms with Crippen molar-refractivity contribution in [3.05, 3.63) is 63.1 Å². The van der Waals surface area contributed by atoms with Crippen LogP contribution in [-0.4, -0.2) is 21.7 Å². The smallest absolute Gasteiger partial charge is 0.285 e. The lowest BCUT2D eigenvalue weighted by atomic mass is 10.3. The molecule has 23 heavy (non-hydrogen) atoms. The average Bonchev–Trinajstić information content (AvgIpc) is 2.54. The van der Waals surface area contributed by atoms with Crippen molar-refractivity contribution >= 4 is 29.0 Å². The van der Waals surface area contributed by atoms with Gasteiger partial charge in [-0.1, -0.05) is 12.1 Å². The number of carbonyl (C=O) groups is 1. The lowest BCUT2D eigenvalue weighted by molar-refractivity contribution is -0.385. The molecule has 0 aliphatic carbocycles. The fraction of sp³-hybridized carbons (Fsp3) is 0.200. The van der Waals surface area contributed by atoms with Crippen molar-refractivity contribution in [3.8, 4) is 0 Å². The summed E-state index contributed by atoms with van der Waals surface area (Å²) in [7, 11) is 0. The number of carbonyl (C=O) groups excluding carboxylic acids is 1. The third kappa shape index (κ3) is 4.43. The van der Waals surface area contributed by atoms with E-state index in [1.54, 1.807) is 6.07 Å². The van der Waals surface area contributed by atoms with Crippen LogP contribution in [-0.2, 0) is 11.3 Å². The van der Waals surface area contributed by atoms with Crippen LogP contribution in [0.3, 0.4) is 0 Å². The Morgan fingerprint density at radius 2 is 2.04 bits per heavy atom. The van der Waals surface area contributed by atoms with E-state index in [1.807, 2.05) is 24.5 Å². The molecule has 8 heteroatoms. The summed E-state index contributed by atoms with van der Waals surface area (Å²) in [6.45, 7) is 0.0772. The van der Waals surface area contributed by atoms with E-state index in [9.17, 15) is 19.7 Å². The van der Waals surface area contributed by atoms with E-state index in [0.717, 1.165) is 27.8 Å². The minimum absolute atomic E-state index is 0.0454. The van der Waals surface area contributed by atoms with E-state index >= 15 is 0 Å². The zero-order valence-electron chi connectivity index (χ0n) is 12.4. The summed E-state index contributed by atoms with van der Waals surface area (Å²) in [6, 6.07) is 9.66. The van der Waals surface area contributed by atoms with Crippen LogP contribution in [0.15, 0.2) is 52.3 Å². The fourth-order valence-corrected chi connectivity index (χ4v) is 2.54. The molecule has 0 spiro atoms. The number of anilines is 1. The van der Waals surface area contributed by atoms with Crippen molar-refractivity contribution in [1.29, 1.82) is 0 Å². The molecule has 120 valence electrons. The minimum Gasteiger partial charge on any atom is -0.325 e. The van der Waals surface area contributed by atoms with Gasteiger partial charge in [-0.2, -0.15) is 0 Å². The maximum atomic E-state index is 12.0. The molecular weight excluding hydrogens is 318 g/mol. The van der Waals surface area contributed by atoms with Crippen molar-refractivity contribution in [2.45, 2.75) is 17.9 Å². The summed E-state index contributed by atoms with van der Waals surface area (Å²) < 4.78 is 1.16. The van der Waals surface area contributed by atoms with Crippen molar-refractivity contribution in [2.24, 2.45) is 0 Å². The first-order chi connectivity index (χ1) is 11.0. The molecule has 0 saturated carbocycles. The Bertz CT molecular complexity index is 788. The predicted octanol–water partition coefficient (Wildman–Crippen LogP) is 2.51. The van der Waals surface area contributed by atoms with Gasteiger partial charge in [0.15, 0.2) is 0 Å². The van der Waals surface area contributed by atoms with Gasteiger partial charge in [0.05, 0.1) is 16.8 Å². The lowest BCUT2D eigenvalue weighted by Gasteiger charge is -2.09. The standard InChI is InChI=1S/C15H15N3O4S/c1-23-13-5-3-2-4-12(13)16-14(19)8-9-17-10-11(18(21)22)6-7-15(17)20/h2-7,10H,8-9H2,1H3,(H,16,19). The summed E-state index contributed by atoms with van der Waals surface area (Å²) in [5.41, 5.74) is 0.141. The molecule has 1 aromatic carbocycles. The molecule has 1 amide bonds. The Labute approximate surface area is 136 Å². The van der Waals surface area contributed by atoms with Gasteiger partial charge >= 0.3 is 0 Å². The van der Waals surface area contributed by atoms with Gasteiger partial charge in [0.1, 0.15) is 0 Å². The highest BCUT2D eigenvalue weighted by Crippen LogP contribution is 2.24.